The average Bonchev–Trinajstić information content (AvgIpc) is 2.74. The van der Waals surface area contributed by atoms with Gasteiger partial charge in [-0.2, -0.15) is 0 Å². The topological polar surface area (TPSA) is 59.0 Å². The van der Waals surface area contributed by atoms with Crippen LogP contribution in [-0.4, -0.2) is 39.4 Å². The summed E-state index contributed by atoms with van der Waals surface area (Å²) in [7, 11) is 0. The largest absolute Gasteiger partial charge is 0.345 e. The van der Waals surface area contributed by atoms with Crippen LogP contribution in [0.5, 0.6) is 0 Å². The molecule has 0 bridgehead atoms. The molecular weight excluding hydrogens is 336 g/mol. The van der Waals surface area contributed by atoms with Crippen LogP contribution in [-0.2, 0) is 4.79 Å². The van der Waals surface area contributed by atoms with Crippen molar-refractivity contribution in [3.8, 4) is 11.1 Å². The van der Waals surface area contributed by atoms with Gasteiger partial charge >= 0.3 is 0 Å². The molecular formula is C22H24N4O. The number of rotatable bonds is 3. The molecule has 1 saturated heterocycles. The number of likely N-dealkylation sites (tertiary alicyclic amines) is 1. The van der Waals surface area contributed by atoms with Crippen LogP contribution in [0.25, 0.3) is 22.0 Å². The van der Waals surface area contributed by atoms with Gasteiger partial charge in [0.15, 0.2) is 0 Å². The second-order valence-electron chi connectivity index (χ2n) is 6.62. The van der Waals surface area contributed by atoms with E-state index in [0.29, 0.717) is 5.92 Å². The SMILES string of the molecule is C=CC.O=CN1CCCC(c2cc(-c3cccnc3)cc3cncnc23)C1. The molecule has 5 nitrogen and oxygen atoms in total. The van der Waals surface area contributed by atoms with Crippen molar-refractivity contribution in [2.45, 2.75) is 25.7 Å². The van der Waals surface area contributed by atoms with Crippen molar-refractivity contribution in [2.75, 3.05) is 13.1 Å². The lowest BCUT2D eigenvalue weighted by molar-refractivity contribution is -0.119. The number of fused-ring (bicyclic) bond motifs is 1. The molecule has 1 amide bonds. The van der Waals surface area contributed by atoms with E-state index in [0.717, 1.165) is 54.4 Å². The Bertz CT molecular complexity index is 911. The van der Waals surface area contributed by atoms with E-state index in [2.05, 4.69) is 39.7 Å². The maximum Gasteiger partial charge on any atom is 0.209 e. The third kappa shape index (κ3) is 4.37. The zero-order chi connectivity index (χ0) is 19.1. The Kier molecular flexibility index (Phi) is 6.26. The Morgan fingerprint density at radius 1 is 1.22 bits per heavy atom. The molecule has 0 spiro atoms. The van der Waals surface area contributed by atoms with E-state index in [1.165, 1.54) is 5.56 Å². The molecule has 0 N–H and O–H groups in total. The van der Waals surface area contributed by atoms with E-state index in [1.807, 2.05) is 30.3 Å². The summed E-state index contributed by atoms with van der Waals surface area (Å²) in [5.41, 5.74) is 4.37. The van der Waals surface area contributed by atoms with Gasteiger partial charge in [-0.05, 0) is 49.1 Å². The summed E-state index contributed by atoms with van der Waals surface area (Å²) in [4.78, 5) is 25.9. The molecule has 3 heterocycles. The number of pyridine rings is 1. The summed E-state index contributed by atoms with van der Waals surface area (Å²) in [6.45, 7) is 6.84. The summed E-state index contributed by atoms with van der Waals surface area (Å²) < 4.78 is 0. The van der Waals surface area contributed by atoms with Crippen LogP contribution in [0.2, 0.25) is 0 Å². The second-order valence-corrected chi connectivity index (χ2v) is 6.62. The van der Waals surface area contributed by atoms with Crippen LogP contribution in [0.4, 0.5) is 0 Å². The zero-order valence-corrected chi connectivity index (χ0v) is 15.6. The molecule has 3 aromatic rings. The fourth-order valence-corrected chi connectivity index (χ4v) is 3.50. The molecule has 0 aliphatic carbocycles. The summed E-state index contributed by atoms with van der Waals surface area (Å²) in [5, 5.41) is 1.03. The van der Waals surface area contributed by atoms with Gasteiger partial charge in [0.25, 0.3) is 0 Å². The standard InChI is InChI=1S/C19H18N4O.C3H6/c24-13-23-6-2-4-15(11-23)18-8-16(14-3-1-5-20-9-14)7-17-10-21-12-22-19(17)18;1-3-2/h1,3,5,7-10,12-13,15H,2,4,6,11H2;3H,1H2,2H3. The van der Waals surface area contributed by atoms with Gasteiger partial charge in [-0.3, -0.25) is 9.78 Å². The highest BCUT2D eigenvalue weighted by atomic mass is 16.1. The highest BCUT2D eigenvalue weighted by Crippen LogP contribution is 2.34. The first-order valence-electron chi connectivity index (χ1n) is 9.17. The quantitative estimate of drug-likeness (QED) is 0.518. The lowest BCUT2D eigenvalue weighted by Crippen LogP contribution is -2.33. The Labute approximate surface area is 159 Å². The predicted molar refractivity (Wildman–Crippen MR) is 108 cm³/mol. The summed E-state index contributed by atoms with van der Waals surface area (Å²) >= 11 is 0. The third-order valence-corrected chi connectivity index (χ3v) is 4.67. The van der Waals surface area contributed by atoms with Crippen LogP contribution in [0.1, 0.15) is 31.2 Å². The fraction of sp³-hybridized carbons (Fsp3) is 0.273. The number of carbonyl (C=O) groups excluding carboxylic acids is 1. The van der Waals surface area contributed by atoms with Gasteiger partial charge in [0.1, 0.15) is 6.33 Å². The molecule has 27 heavy (non-hydrogen) atoms. The lowest BCUT2D eigenvalue weighted by atomic mass is 9.87. The summed E-state index contributed by atoms with van der Waals surface area (Å²) in [5.74, 6) is 0.304. The van der Waals surface area contributed by atoms with E-state index in [4.69, 9.17) is 0 Å². The van der Waals surface area contributed by atoms with Crippen LogP contribution in [0.15, 0.2) is 61.8 Å². The number of benzene rings is 1. The van der Waals surface area contributed by atoms with Crippen LogP contribution in [0.3, 0.4) is 0 Å². The maximum absolute atomic E-state index is 11.2. The molecule has 4 rings (SSSR count). The number of aromatic nitrogens is 3. The highest BCUT2D eigenvalue weighted by molar-refractivity contribution is 5.87. The van der Waals surface area contributed by atoms with Crippen LogP contribution in [0, 0.1) is 0 Å². The van der Waals surface area contributed by atoms with Crippen molar-refractivity contribution < 1.29 is 4.79 Å². The van der Waals surface area contributed by atoms with Gasteiger partial charge < -0.3 is 4.90 Å². The first kappa shape index (κ1) is 18.7. The number of hydrogen-bond donors (Lipinski definition) is 0. The average molecular weight is 360 g/mol. The molecule has 2 aromatic heterocycles. The number of nitrogens with zero attached hydrogens (tertiary/aromatic N) is 4. The van der Waals surface area contributed by atoms with Crippen molar-refractivity contribution in [1.82, 2.24) is 19.9 Å². The minimum Gasteiger partial charge on any atom is -0.345 e. The van der Waals surface area contributed by atoms with Gasteiger partial charge in [0.05, 0.1) is 5.52 Å². The van der Waals surface area contributed by atoms with E-state index in [-0.39, 0.29) is 0 Å². The first-order chi connectivity index (χ1) is 13.3. The van der Waals surface area contributed by atoms with Gasteiger partial charge in [-0.25, -0.2) is 9.97 Å². The van der Waals surface area contributed by atoms with Crippen molar-refractivity contribution in [3.05, 3.63) is 67.4 Å². The van der Waals surface area contributed by atoms with Gasteiger partial charge in [-0.15, -0.1) is 6.58 Å². The zero-order valence-electron chi connectivity index (χ0n) is 15.6. The van der Waals surface area contributed by atoms with Crippen molar-refractivity contribution in [2.24, 2.45) is 0 Å². The van der Waals surface area contributed by atoms with Gasteiger partial charge in [0, 0.05) is 48.5 Å². The lowest BCUT2D eigenvalue weighted by Gasteiger charge is -2.30. The van der Waals surface area contributed by atoms with E-state index < -0.39 is 0 Å². The first-order valence-corrected chi connectivity index (χ1v) is 9.17. The molecule has 1 aliphatic rings. The maximum atomic E-state index is 11.2. The number of carbonyl (C=O) groups is 1. The van der Waals surface area contributed by atoms with Crippen LogP contribution >= 0.6 is 0 Å². The monoisotopic (exact) mass is 360 g/mol. The van der Waals surface area contributed by atoms with Crippen molar-refractivity contribution in [1.29, 1.82) is 0 Å². The predicted octanol–water partition coefficient (Wildman–Crippen LogP) is 4.22. The summed E-state index contributed by atoms with van der Waals surface area (Å²) in [6, 6.07) is 8.30. The summed E-state index contributed by atoms with van der Waals surface area (Å²) in [6.07, 6.45) is 11.9. The number of amides is 1. The molecule has 1 aliphatic heterocycles. The Morgan fingerprint density at radius 3 is 2.81 bits per heavy atom. The Morgan fingerprint density at radius 2 is 2.07 bits per heavy atom. The minimum atomic E-state index is 0.304. The van der Waals surface area contributed by atoms with E-state index >= 15 is 0 Å². The molecule has 0 saturated carbocycles. The Balaban J connectivity index is 0.000000659. The third-order valence-electron chi connectivity index (χ3n) is 4.67. The fourth-order valence-electron chi connectivity index (χ4n) is 3.50. The van der Waals surface area contributed by atoms with Gasteiger partial charge in [0.2, 0.25) is 6.41 Å². The molecule has 1 unspecified atom stereocenters. The number of hydrogen-bond acceptors (Lipinski definition) is 4. The van der Waals surface area contributed by atoms with E-state index in [1.54, 1.807) is 18.6 Å². The Hall–Kier alpha value is -3.08. The molecule has 0 radical (unpaired) electrons. The second kappa shape index (κ2) is 9.03. The van der Waals surface area contributed by atoms with Crippen molar-refractivity contribution >= 4 is 17.3 Å². The number of allylic oxidation sites excluding steroid dienone is 1. The smallest absolute Gasteiger partial charge is 0.209 e. The molecule has 1 fully saturated rings. The normalized spacial score (nSPS) is 16.3. The molecule has 138 valence electrons. The molecule has 1 atom stereocenters. The van der Waals surface area contributed by atoms with Crippen molar-refractivity contribution in [3.63, 3.8) is 0 Å². The van der Waals surface area contributed by atoms with Gasteiger partial charge in [-0.1, -0.05) is 12.1 Å². The molecule has 5 heteroatoms. The van der Waals surface area contributed by atoms with Crippen LogP contribution < -0.4 is 0 Å². The minimum absolute atomic E-state index is 0.304. The molecule has 1 aromatic carbocycles. The van der Waals surface area contributed by atoms with E-state index in [9.17, 15) is 4.79 Å². The number of piperidine rings is 1. The highest BCUT2D eigenvalue weighted by Gasteiger charge is 2.23.